The number of nitrogens with zero attached hydrogens (tertiary/aromatic N) is 3. The predicted molar refractivity (Wildman–Crippen MR) is 98.8 cm³/mol. The molecule has 1 atom stereocenters. The van der Waals surface area contributed by atoms with Crippen molar-refractivity contribution in [2.24, 2.45) is 0 Å². The van der Waals surface area contributed by atoms with Crippen LogP contribution < -0.4 is 10.6 Å². The first-order valence-electron chi connectivity index (χ1n) is 8.48. The molecule has 0 aliphatic carbocycles. The van der Waals surface area contributed by atoms with Crippen LogP contribution in [0.4, 0.5) is 9.52 Å². The van der Waals surface area contributed by atoms with Gasteiger partial charge in [0.25, 0.3) is 5.91 Å². The quantitative estimate of drug-likeness (QED) is 0.738. The summed E-state index contributed by atoms with van der Waals surface area (Å²) in [5, 5.41) is 12.7. The molecule has 1 unspecified atom stereocenters. The summed E-state index contributed by atoms with van der Waals surface area (Å²) < 4.78 is 15.2. The normalized spacial score (nSPS) is 17.2. The van der Waals surface area contributed by atoms with Crippen LogP contribution in [0.25, 0.3) is 11.3 Å². The summed E-state index contributed by atoms with van der Waals surface area (Å²) in [5.74, 6) is -0.614. The summed E-state index contributed by atoms with van der Waals surface area (Å²) in [7, 11) is 0. The first-order chi connectivity index (χ1) is 12.7. The monoisotopic (exact) mass is 371 g/mol. The Balaban J connectivity index is 1.44. The van der Waals surface area contributed by atoms with Gasteiger partial charge in [-0.25, -0.2) is 9.37 Å². The van der Waals surface area contributed by atoms with Crippen LogP contribution in [0.5, 0.6) is 0 Å². The highest BCUT2D eigenvalue weighted by atomic mass is 32.1. The number of benzene rings is 1. The van der Waals surface area contributed by atoms with Gasteiger partial charge in [-0.05, 0) is 37.6 Å². The second-order valence-corrected chi connectivity index (χ2v) is 7.04. The average Bonchev–Trinajstić information content (AvgIpc) is 3.32. The number of halogens is 1. The van der Waals surface area contributed by atoms with Crippen LogP contribution in [-0.4, -0.2) is 33.8 Å². The van der Waals surface area contributed by atoms with Gasteiger partial charge in [-0.2, -0.15) is 5.10 Å². The second-order valence-electron chi connectivity index (χ2n) is 6.18. The molecule has 1 aromatic carbocycles. The van der Waals surface area contributed by atoms with Crippen molar-refractivity contribution in [2.45, 2.75) is 18.9 Å². The van der Waals surface area contributed by atoms with Gasteiger partial charge in [-0.15, -0.1) is 11.3 Å². The van der Waals surface area contributed by atoms with Crippen molar-refractivity contribution in [1.29, 1.82) is 0 Å². The third-order valence-electron chi connectivity index (χ3n) is 4.33. The molecule has 3 aromatic rings. The number of anilines is 1. The largest absolute Gasteiger partial charge is 0.315 e. The summed E-state index contributed by atoms with van der Waals surface area (Å²) in [6.45, 7) is 1.90. The fourth-order valence-electron chi connectivity index (χ4n) is 2.99. The van der Waals surface area contributed by atoms with E-state index < -0.39 is 0 Å². The molecular weight excluding hydrogens is 353 g/mol. The summed E-state index contributed by atoms with van der Waals surface area (Å²) in [6, 6.07) is 8.21. The van der Waals surface area contributed by atoms with Gasteiger partial charge >= 0.3 is 0 Å². The van der Waals surface area contributed by atoms with E-state index in [0.29, 0.717) is 22.1 Å². The molecule has 1 aliphatic rings. The van der Waals surface area contributed by atoms with E-state index in [1.54, 1.807) is 23.6 Å². The van der Waals surface area contributed by atoms with Gasteiger partial charge in [0.2, 0.25) is 0 Å². The van der Waals surface area contributed by atoms with Crippen LogP contribution in [-0.2, 0) is 0 Å². The van der Waals surface area contributed by atoms with Crippen molar-refractivity contribution in [1.82, 2.24) is 20.1 Å². The Bertz CT molecular complexity index is 916. The van der Waals surface area contributed by atoms with Gasteiger partial charge in [0.05, 0.1) is 11.7 Å². The Hall–Kier alpha value is -2.58. The second kappa shape index (κ2) is 7.35. The number of piperidine rings is 1. The first-order valence-corrected chi connectivity index (χ1v) is 9.36. The lowest BCUT2D eigenvalue weighted by Gasteiger charge is -2.22. The third-order valence-corrected chi connectivity index (χ3v) is 5.09. The number of aromatic nitrogens is 3. The molecule has 2 aromatic heterocycles. The lowest BCUT2D eigenvalue weighted by Crippen LogP contribution is -2.32. The van der Waals surface area contributed by atoms with Crippen molar-refractivity contribution in [3.8, 4) is 11.3 Å². The fourth-order valence-corrected chi connectivity index (χ4v) is 3.71. The van der Waals surface area contributed by atoms with E-state index in [0.717, 1.165) is 25.9 Å². The zero-order chi connectivity index (χ0) is 17.9. The summed E-state index contributed by atoms with van der Waals surface area (Å²) in [6.07, 6.45) is 4.00. The smallest absolute Gasteiger partial charge is 0.277 e. The molecule has 8 heteroatoms. The molecule has 26 heavy (non-hydrogen) atoms. The van der Waals surface area contributed by atoms with Crippen molar-refractivity contribution < 1.29 is 9.18 Å². The van der Waals surface area contributed by atoms with Crippen molar-refractivity contribution >= 4 is 22.4 Å². The molecular formula is C18H18FN5OS. The molecule has 0 spiro atoms. The van der Waals surface area contributed by atoms with Crippen LogP contribution >= 0.6 is 11.3 Å². The van der Waals surface area contributed by atoms with E-state index >= 15 is 0 Å². The molecule has 0 radical (unpaired) electrons. The molecule has 4 rings (SSSR count). The number of hydrogen-bond acceptors (Lipinski definition) is 5. The molecule has 0 saturated carbocycles. The number of rotatable bonds is 4. The highest BCUT2D eigenvalue weighted by Crippen LogP contribution is 2.25. The van der Waals surface area contributed by atoms with Gasteiger partial charge < -0.3 is 5.32 Å². The minimum atomic E-state index is -0.316. The predicted octanol–water partition coefficient (Wildman–Crippen LogP) is 3.32. The lowest BCUT2D eigenvalue weighted by atomic mass is 10.1. The summed E-state index contributed by atoms with van der Waals surface area (Å²) in [4.78, 5) is 16.8. The highest BCUT2D eigenvalue weighted by Gasteiger charge is 2.18. The molecule has 3 heterocycles. The zero-order valence-corrected chi connectivity index (χ0v) is 14.8. The van der Waals surface area contributed by atoms with E-state index in [1.807, 2.05) is 10.9 Å². The fraction of sp³-hybridized carbons (Fsp3) is 0.278. The third kappa shape index (κ3) is 3.66. The minimum Gasteiger partial charge on any atom is -0.315 e. The van der Waals surface area contributed by atoms with Gasteiger partial charge in [-0.1, -0.05) is 12.1 Å². The van der Waals surface area contributed by atoms with Gasteiger partial charge in [0, 0.05) is 23.7 Å². The average molecular weight is 371 g/mol. The van der Waals surface area contributed by atoms with Crippen LogP contribution in [0.2, 0.25) is 0 Å². The topological polar surface area (TPSA) is 71.8 Å². The molecule has 1 amide bonds. The Labute approximate surface area is 154 Å². The SMILES string of the molecule is O=C(Nc1nc(-c2cccc(F)c2)cs1)c1ccn(C2CCCNC2)n1. The Morgan fingerprint density at radius 3 is 3.12 bits per heavy atom. The molecule has 1 fully saturated rings. The maximum atomic E-state index is 13.3. The maximum Gasteiger partial charge on any atom is 0.277 e. The van der Waals surface area contributed by atoms with Crippen LogP contribution in [0.3, 0.4) is 0 Å². The molecule has 1 aliphatic heterocycles. The van der Waals surface area contributed by atoms with E-state index in [-0.39, 0.29) is 17.8 Å². The van der Waals surface area contributed by atoms with E-state index in [2.05, 4.69) is 20.7 Å². The lowest BCUT2D eigenvalue weighted by molar-refractivity contribution is 0.102. The Morgan fingerprint density at radius 2 is 2.31 bits per heavy atom. The van der Waals surface area contributed by atoms with Crippen LogP contribution in [0, 0.1) is 5.82 Å². The zero-order valence-electron chi connectivity index (χ0n) is 14.0. The van der Waals surface area contributed by atoms with E-state index in [1.165, 1.54) is 23.5 Å². The number of carbonyl (C=O) groups excluding carboxylic acids is 1. The number of amides is 1. The van der Waals surface area contributed by atoms with Gasteiger partial charge in [0.15, 0.2) is 10.8 Å². The van der Waals surface area contributed by atoms with Crippen molar-refractivity contribution in [3.63, 3.8) is 0 Å². The van der Waals surface area contributed by atoms with Gasteiger partial charge in [-0.3, -0.25) is 14.8 Å². The van der Waals surface area contributed by atoms with Crippen LogP contribution in [0.15, 0.2) is 41.9 Å². The highest BCUT2D eigenvalue weighted by molar-refractivity contribution is 7.14. The molecule has 1 saturated heterocycles. The van der Waals surface area contributed by atoms with Crippen molar-refractivity contribution in [3.05, 3.63) is 53.4 Å². The van der Waals surface area contributed by atoms with Crippen molar-refractivity contribution in [2.75, 3.05) is 18.4 Å². The number of carbonyl (C=O) groups is 1. The molecule has 134 valence electrons. The maximum absolute atomic E-state index is 13.3. The van der Waals surface area contributed by atoms with Crippen LogP contribution in [0.1, 0.15) is 29.4 Å². The molecule has 6 nitrogen and oxygen atoms in total. The number of thiazole rings is 1. The summed E-state index contributed by atoms with van der Waals surface area (Å²) in [5.41, 5.74) is 1.66. The van der Waals surface area contributed by atoms with E-state index in [9.17, 15) is 9.18 Å². The Kier molecular flexibility index (Phi) is 4.77. The molecule has 2 N–H and O–H groups in total. The van der Waals surface area contributed by atoms with E-state index in [4.69, 9.17) is 0 Å². The minimum absolute atomic E-state index is 0.282. The van der Waals surface area contributed by atoms with Gasteiger partial charge in [0.1, 0.15) is 5.82 Å². The number of hydrogen-bond donors (Lipinski definition) is 2. The molecule has 0 bridgehead atoms. The number of nitrogens with one attached hydrogen (secondary N) is 2. The first kappa shape index (κ1) is 16.9. The standard InChI is InChI=1S/C18H18FN5OS/c19-13-4-1-3-12(9-13)16-11-26-18(21-16)22-17(25)15-6-8-24(23-15)14-5-2-7-20-10-14/h1,3-4,6,8-9,11,14,20H,2,5,7,10H2,(H,21,22,25). The Morgan fingerprint density at radius 1 is 1.38 bits per heavy atom. The summed E-state index contributed by atoms with van der Waals surface area (Å²) >= 11 is 1.30.